The maximum atomic E-state index is 12.3. The molecular formula is C15H25N5O2. The molecule has 2 bridgehead atoms. The Kier molecular flexibility index (Phi) is 4.44. The van der Waals surface area contributed by atoms with Crippen LogP contribution in [0, 0.1) is 11.8 Å². The van der Waals surface area contributed by atoms with E-state index >= 15 is 0 Å². The summed E-state index contributed by atoms with van der Waals surface area (Å²) < 4.78 is 1.81. The van der Waals surface area contributed by atoms with Crippen molar-refractivity contribution < 1.29 is 9.90 Å². The predicted octanol–water partition coefficient (Wildman–Crippen LogP) is 0.00540. The highest BCUT2D eigenvalue weighted by atomic mass is 16.3. The number of nitrogens with zero attached hydrogens (tertiary/aromatic N) is 4. The van der Waals surface area contributed by atoms with Gasteiger partial charge in [0.1, 0.15) is 5.69 Å². The van der Waals surface area contributed by atoms with E-state index in [1.54, 1.807) is 10.9 Å². The van der Waals surface area contributed by atoms with E-state index < -0.39 is 0 Å². The number of fused-ring (bicyclic) bond motifs is 3. The van der Waals surface area contributed by atoms with Gasteiger partial charge in [-0.15, -0.1) is 5.10 Å². The molecule has 4 heterocycles. The number of hydrogen-bond acceptors (Lipinski definition) is 5. The highest BCUT2D eigenvalue weighted by Gasteiger charge is 2.43. The summed E-state index contributed by atoms with van der Waals surface area (Å²) in [5, 5.41) is 20.1. The molecule has 0 aromatic carbocycles. The zero-order valence-electron chi connectivity index (χ0n) is 13.3. The predicted molar refractivity (Wildman–Crippen MR) is 80.8 cm³/mol. The number of nitrogens with one attached hydrogen (secondary N) is 1. The molecule has 0 spiro atoms. The van der Waals surface area contributed by atoms with Crippen LogP contribution in [0.25, 0.3) is 0 Å². The van der Waals surface area contributed by atoms with Crippen molar-refractivity contribution in [2.24, 2.45) is 11.8 Å². The van der Waals surface area contributed by atoms with Crippen LogP contribution >= 0.6 is 0 Å². The van der Waals surface area contributed by atoms with E-state index in [4.69, 9.17) is 5.11 Å². The normalized spacial score (nSPS) is 30.7. The minimum atomic E-state index is -0.0749. The first-order valence-electron chi connectivity index (χ1n) is 8.11. The van der Waals surface area contributed by atoms with Crippen molar-refractivity contribution >= 4 is 5.91 Å². The average molecular weight is 307 g/mol. The summed E-state index contributed by atoms with van der Waals surface area (Å²) in [6, 6.07) is 0.612. The Morgan fingerprint density at radius 2 is 2.36 bits per heavy atom. The van der Waals surface area contributed by atoms with Crippen LogP contribution in [0.15, 0.2) is 6.20 Å². The van der Waals surface area contributed by atoms with Gasteiger partial charge in [0.15, 0.2) is 0 Å². The Morgan fingerprint density at radius 1 is 1.55 bits per heavy atom. The first-order valence-corrected chi connectivity index (χ1v) is 8.11. The highest BCUT2D eigenvalue weighted by Crippen LogP contribution is 2.36. The molecule has 7 nitrogen and oxygen atoms in total. The third kappa shape index (κ3) is 3.15. The highest BCUT2D eigenvalue weighted by molar-refractivity contribution is 5.79. The van der Waals surface area contributed by atoms with Gasteiger partial charge in [-0.2, -0.15) is 0 Å². The molecule has 2 N–H and O–H groups in total. The Labute approximate surface area is 130 Å². The smallest absolute Gasteiger partial charge is 0.224 e. The van der Waals surface area contributed by atoms with Crippen LogP contribution < -0.4 is 5.32 Å². The van der Waals surface area contributed by atoms with E-state index in [0.29, 0.717) is 17.7 Å². The van der Waals surface area contributed by atoms with Crippen molar-refractivity contribution in [3.8, 4) is 0 Å². The maximum absolute atomic E-state index is 12.3. The van der Waals surface area contributed by atoms with E-state index in [9.17, 15) is 4.79 Å². The number of aliphatic hydroxyl groups excluding tert-OH is 1. The van der Waals surface area contributed by atoms with Gasteiger partial charge in [-0.3, -0.25) is 14.4 Å². The number of rotatable bonds is 5. The monoisotopic (exact) mass is 307 g/mol. The lowest BCUT2D eigenvalue weighted by molar-refractivity contribution is -0.133. The number of aliphatic hydroxyl groups is 1. The standard InChI is InChI=1S/C15H25N5O2/c1-10(2)16-15(22)14-8-19-4-3-11(14)5-13(19)7-20-6-12(9-21)17-18-20/h6,10-11,13-14,21H,3-5,7-9H2,1-2H3,(H,16,22)/t11-,13+,14-/m0/s1. The van der Waals surface area contributed by atoms with E-state index in [1.807, 2.05) is 13.8 Å². The van der Waals surface area contributed by atoms with Crippen molar-refractivity contribution in [2.45, 2.75) is 51.9 Å². The molecule has 1 amide bonds. The zero-order chi connectivity index (χ0) is 15.7. The molecule has 122 valence electrons. The van der Waals surface area contributed by atoms with Gasteiger partial charge in [0.2, 0.25) is 5.91 Å². The third-order valence-corrected chi connectivity index (χ3v) is 4.79. The Hall–Kier alpha value is -1.47. The van der Waals surface area contributed by atoms with Gasteiger partial charge in [-0.05, 0) is 39.2 Å². The molecular weight excluding hydrogens is 282 g/mol. The topological polar surface area (TPSA) is 83.3 Å². The molecule has 0 aliphatic carbocycles. The molecule has 3 fully saturated rings. The summed E-state index contributed by atoms with van der Waals surface area (Å²) in [4.78, 5) is 14.7. The lowest BCUT2D eigenvalue weighted by atomic mass is 9.75. The van der Waals surface area contributed by atoms with Gasteiger partial charge >= 0.3 is 0 Å². The number of amides is 1. The quantitative estimate of drug-likeness (QED) is 0.800. The van der Waals surface area contributed by atoms with Crippen LogP contribution in [0.4, 0.5) is 0 Å². The van der Waals surface area contributed by atoms with Crippen LogP contribution in [-0.2, 0) is 17.9 Å². The zero-order valence-corrected chi connectivity index (χ0v) is 13.3. The second kappa shape index (κ2) is 6.34. The van der Waals surface area contributed by atoms with E-state index in [0.717, 1.165) is 32.5 Å². The number of piperidine rings is 3. The first kappa shape index (κ1) is 15.4. The second-order valence-electron chi connectivity index (χ2n) is 6.79. The average Bonchev–Trinajstić information content (AvgIpc) is 2.95. The van der Waals surface area contributed by atoms with E-state index in [1.165, 1.54) is 0 Å². The Morgan fingerprint density at radius 3 is 2.95 bits per heavy atom. The molecule has 4 atom stereocenters. The van der Waals surface area contributed by atoms with Crippen LogP contribution in [0.5, 0.6) is 0 Å². The number of hydrogen-bond donors (Lipinski definition) is 2. The fourth-order valence-electron chi connectivity index (χ4n) is 3.73. The van der Waals surface area contributed by atoms with Gasteiger partial charge in [0.25, 0.3) is 0 Å². The van der Waals surface area contributed by atoms with Crippen molar-refractivity contribution in [1.29, 1.82) is 0 Å². The molecule has 0 saturated carbocycles. The molecule has 3 saturated heterocycles. The fourth-order valence-corrected chi connectivity index (χ4v) is 3.73. The lowest BCUT2D eigenvalue weighted by Gasteiger charge is -2.49. The number of aromatic nitrogens is 3. The minimum Gasteiger partial charge on any atom is -0.390 e. The summed E-state index contributed by atoms with van der Waals surface area (Å²) in [6.45, 7) is 6.62. The van der Waals surface area contributed by atoms with Gasteiger partial charge in [0, 0.05) is 18.6 Å². The molecule has 1 unspecified atom stereocenters. The SMILES string of the molecule is CC(C)NC(=O)[C@H]1CN2CC[C@H]1C[C@@H]2Cn1cc(CO)nn1. The van der Waals surface area contributed by atoms with E-state index in [2.05, 4.69) is 20.5 Å². The molecule has 3 aliphatic heterocycles. The van der Waals surface area contributed by atoms with E-state index in [-0.39, 0.29) is 24.5 Å². The van der Waals surface area contributed by atoms with Crippen LogP contribution in [0.3, 0.4) is 0 Å². The van der Waals surface area contributed by atoms with Crippen molar-refractivity contribution in [2.75, 3.05) is 13.1 Å². The Balaban J connectivity index is 1.61. The molecule has 4 rings (SSSR count). The third-order valence-electron chi connectivity index (χ3n) is 4.79. The van der Waals surface area contributed by atoms with Crippen LogP contribution in [-0.4, -0.2) is 56.1 Å². The molecule has 1 aromatic heterocycles. The number of carbonyl (C=O) groups is 1. The summed E-state index contributed by atoms with van der Waals surface area (Å²) in [5.41, 5.74) is 0.602. The Bertz CT molecular complexity index is 530. The van der Waals surface area contributed by atoms with Crippen molar-refractivity contribution in [1.82, 2.24) is 25.2 Å². The summed E-state index contributed by atoms with van der Waals surface area (Å²) in [6.07, 6.45) is 3.93. The van der Waals surface area contributed by atoms with Crippen molar-refractivity contribution in [3.05, 3.63) is 11.9 Å². The summed E-state index contributed by atoms with van der Waals surface area (Å²) in [7, 11) is 0. The van der Waals surface area contributed by atoms with Gasteiger partial charge < -0.3 is 10.4 Å². The molecule has 3 aliphatic rings. The van der Waals surface area contributed by atoms with Crippen LogP contribution in [0.1, 0.15) is 32.4 Å². The molecule has 22 heavy (non-hydrogen) atoms. The lowest BCUT2D eigenvalue weighted by Crippen LogP contribution is -2.58. The van der Waals surface area contributed by atoms with Gasteiger partial charge in [0.05, 0.1) is 25.3 Å². The molecule has 1 aromatic rings. The molecule has 0 radical (unpaired) electrons. The van der Waals surface area contributed by atoms with Gasteiger partial charge in [-0.1, -0.05) is 5.21 Å². The minimum absolute atomic E-state index is 0.0749. The largest absolute Gasteiger partial charge is 0.390 e. The fraction of sp³-hybridized carbons (Fsp3) is 0.800. The second-order valence-corrected chi connectivity index (χ2v) is 6.79. The summed E-state index contributed by atoms with van der Waals surface area (Å²) >= 11 is 0. The first-order chi connectivity index (χ1) is 10.6. The molecule has 7 heteroatoms. The summed E-state index contributed by atoms with van der Waals surface area (Å²) in [5.74, 6) is 0.789. The maximum Gasteiger partial charge on any atom is 0.224 e. The van der Waals surface area contributed by atoms with Crippen LogP contribution in [0.2, 0.25) is 0 Å². The number of carbonyl (C=O) groups excluding carboxylic acids is 1. The van der Waals surface area contributed by atoms with Gasteiger partial charge in [-0.25, -0.2) is 0 Å². The van der Waals surface area contributed by atoms with Crippen molar-refractivity contribution in [3.63, 3.8) is 0 Å².